The van der Waals surface area contributed by atoms with E-state index in [9.17, 15) is 0 Å². The molecule has 12 aromatic carbocycles. The Morgan fingerprint density at radius 3 is 1.58 bits per heavy atom. The molecule has 3 heteroatoms. The van der Waals surface area contributed by atoms with Gasteiger partial charge in [-0.15, -0.1) is 11.3 Å². The van der Waals surface area contributed by atoms with E-state index in [2.05, 4.69) is 276 Å². The molecule has 77 heavy (non-hydrogen) atoms. The van der Waals surface area contributed by atoms with E-state index in [0.29, 0.717) is 0 Å². The molecule has 2 aromatic heterocycles. The van der Waals surface area contributed by atoms with Gasteiger partial charge in [0.1, 0.15) is 0 Å². The van der Waals surface area contributed by atoms with Crippen LogP contribution in [0, 0.1) is 0 Å². The first-order valence-corrected chi connectivity index (χ1v) is 27.6. The van der Waals surface area contributed by atoms with Crippen molar-refractivity contribution in [1.29, 1.82) is 0 Å². The highest BCUT2D eigenvalue weighted by molar-refractivity contribution is 7.25. The van der Waals surface area contributed by atoms with Crippen LogP contribution < -0.4 is 4.90 Å². The lowest BCUT2D eigenvalue weighted by molar-refractivity contribution is 0.748. The summed E-state index contributed by atoms with van der Waals surface area (Å²) in [4.78, 5) is 2.58. The van der Waals surface area contributed by atoms with Crippen molar-refractivity contribution in [3.8, 4) is 50.2 Å². The number of benzene rings is 12. The van der Waals surface area contributed by atoms with Crippen molar-refractivity contribution in [3.63, 3.8) is 0 Å². The Bertz CT molecular complexity index is 4850. The third-order valence-corrected chi connectivity index (χ3v) is 19.1. The largest absolute Gasteiger partial charge is 0.310 e. The molecule has 18 rings (SSSR count). The molecule has 3 aliphatic carbocycles. The molecule has 14 aromatic rings. The van der Waals surface area contributed by atoms with Crippen LogP contribution in [0.4, 0.5) is 17.1 Å². The summed E-state index contributed by atoms with van der Waals surface area (Å²) < 4.78 is 5.17. The predicted molar refractivity (Wildman–Crippen MR) is 321 cm³/mol. The molecular weight excluding hydrogens is 949 g/mol. The Morgan fingerprint density at radius 1 is 0.325 bits per heavy atom. The molecule has 0 radical (unpaired) electrons. The number of rotatable bonds is 4. The Hall–Kier alpha value is -9.54. The Morgan fingerprint density at radius 2 is 0.831 bits per heavy atom. The van der Waals surface area contributed by atoms with Crippen molar-refractivity contribution in [2.75, 3.05) is 4.90 Å². The van der Waals surface area contributed by atoms with Gasteiger partial charge in [0.25, 0.3) is 0 Å². The van der Waals surface area contributed by atoms with Crippen LogP contribution in [0.2, 0.25) is 0 Å². The van der Waals surface area contributed by atoms with Gasteiger partial charge < -0.3 is 9.47 Å². The van der Waals surface area contributed by atoms with E-state index >= 15 is 0 Å². The third-order valence-electron chi connectivity index (χ3n) is 18.0. The minimum atomic E-state index is -0.605. The lowest BCUT2D eigenvalue weighted by atomic mass is 9.65. The second-order valence-corrected chi connectivity index (χ2v) is 22.4. The average molecular weight is 993 g/mol. The minimum absolute atomic E-state index is 0.487. The molecule has 1 unspecified atom stereocenters. The van der Waals surface area contributed by atoms with Crippen LogP contribution in [-0.4, -0.2) is 4.57 Å². The fourth-order valence-corrected chi connectivity index (χ4v) is 16.4. The van der Waals surface area contributed by atoms with Crippen molar-refractivity contribution >= 4 is 70.4 Å². The molecule has 4 aliphatic rings. The highest BCUT2D eigenvalue weighted by Crippen LogP contribution is 2.66. The highest BCUT2D eigenvalue weighted by atomic mass is 32.1. The van der Waals surface area contributed by atoms with E-state index in [0.717, 1.165) is 17.1 Å². The molecule has 1 atom stereocenters. The van der Waals surface area contributed by atoms with Crippen molar-refractivity contribution in [2.45, 2.75) is 10.8 Å². The van der Waals surface area contributed by atoms with Crippen LogP contribution in [0.5, 0.6) is 0 Å². The molecule has 3 heterocycles. The number of fused-ring (bicyclic) bond motifs is 25. The second-order valence-electron chi connectivity index (χ2n) is 21.3. The number of hydrogen-bond acceptors (Lipinski definition) is 2. The molecular formula is C74H44N2S. The molecule has 0 N–H and O–H groups in total. The molecule has 2 nitrogen and oxygen atoms in total. The number of thiophene rings is 1. The van der Waals surface area contributed by atoms with Crippen LogP contribution in [0.3, 0.4) is 0 Å². The summed E-state index contributed by atoms with van der Waals surface area (Å²) in [5.74, 6) is 0. The van der Waals surface area contributed by atoms with Crippen molar-refractivity contribution < 1.29 is 0 Å². The van der Waals surface area contributed by atoms with E-state index in [1.54, 1.807) is 0 Å². The van der Waals surface area contributed by atoms with Gasteiger partial charge in [0.15, 0.2) is 0 Å². The quantitative estimate of drug-likeness (QED) is 0.171. The minimum Gasteiger partial charge on any atom is -0.310 e. The summed E-state index contributed by atoms with van der Waals surface area (Å²) in [5.41, 5.74) is 26.8. The van der Waals surface area contributed by atoms with E-state index in [1.807, 2.05) is 11.3 Å². The first-order chi connectivity index (χ1) is 38.2. The molecule has 2 spiro atoms. The smallest absolute Gasteiger partial charge is 0.0755 e. The molecule has 0 bridgehead atoms. The van der Waals surface area contributed by atoms with Gasteiger partial charge in [-0.05, 0) is 138 Å². The molecule has 0 amide bonds. The summed E-state index contributed by atoms with van der Waals surface area (Å²) >= 11 is 1.87. The summed E-state index contributed by atoms with van der Waals surface area (Å²) in [7, 11) is 0. The van der Waals surface area contributed by atoms with E-state index in [1.165, 1.54) is 137 Å². The Labute approximate surface area is 449 Å². The van der Waals surface area contributed by atoms with Gasteiger partial charge in [0, 0.05) is 47.9 Å². The lowest BCUT2D eigenvalue weighted by Crippen LogP contribution is -2.33. The molecule has 1 aliphatic heterocycles. The molecule has 356 valence electrons. The zero-order valence-electron chi connectivity index (χ0n) is 41.7. The lowest BCUT2D eigenvalue weighted by Gasteiger charge is -2.40. The SMILES string of the molecule is c1ccc2c(c1)-c1ccccc1C21c2ccccc2-c2c(N(c3ccc(-c4cccc5sc6ccccc6c45)cc3)c3ccc4c(c3)C3(c5ccccc5-4)c4ccccc4-n4c5ccccc5c5cccc3c54)cccc21. The maximum atomic E-state index is 2.58. The Kier molecular flexibility index (Phi) is 8.18. The zero-order chi connectivity index (χ0) is 50.1. The Balaban J connectivity index is 0.925. The maximum absolute atomic E-state index is 2.58. The van der Waals surface area contributed by atoms with Gasteiger partial charge in [-0.2, -0.15) is 0 Å². The van der Waals surface area contributed by atoms with Gasteiger partial charge in [-0.3, -0.25) is 0 Å². The van der Waals surface area contributed by atoms with Crippen LogP contribution in [0.25, 0.3) is 92.2 Å². The normalized spacial score (nSPS) is 15.4. The summed E-state index contributed by atoms with van der Waals surface area (Å²) in [6.45, 7) is 0. The number of hydrogen-bond donors (Lipinski definition) is 0. The van der Waals surface area contributed by atoms with Gasteiger partial charge in [0.2, 0.25) is 0 Å². The van der Waals surface area contributed by atoms with Crippen molar-refractivity contribution in [1.82, 2.24) is 4.57 Å². The summed E-state index contributed by atoms with van der Waals surface area (Å²) in [6.07, 6.45) is 0. The monoisotopic (exact) mass is 992 g/mol. The summed E-state index contributed by atoms with van der Waals surface area (Å²) in [6, 6.07) is 101. The first-order valence-electron chi connectivity index (χ1n) is 26.8. The van der Waals surface area contributed by atoms with Gasteiger partial charge >= 0.3 is 0 Å². The molecule has 0 fully saturated rings. The van der Waals surface area contributed by atoms with Crippen LogP contribution in [-0.2, 0) is 10.8 Å². The zero-order valence-corrected chi connectivity index (χ0v) is 42.5. The van der Waals surface area contributed by atoms with E-state index < -0.39 is 10.8 Å². The maximum Gasteiger partial charge on any atom is 0.0755 e. The van der Waals surface area contributed by atoms with Crippen molar-refractivity contribution in [3.05, 3.63) is 311 Å². The predicted octanol–water partition coefficient (Wildman–Crippen LogP) is 19.3. The van der Waals surface area contributed by atoms with Gasteiger partial charge in [-0.1, -0.05) is 212 Å². The fraction of sp³-hybridized carbons (Fsp3) is 0.0270. The standard InChI is InChI=1S/C74H44N2S/c1-7-26-57-49(18-1)50-19-2-8-27-58(50)73(57)60-29-10-4-22-55(60)71-62(73)31-17-35-67(71)75(46-40-38-45(39-41-46)48-24-16-37-69-70(48)56-23-6-14-36-68(56)77-69)47-42-43-52-51-20-3-9-28-59(51)74(64(52)44-47)61-30-11-13-34-66(61)76-65-33-12-5-21-53(65)54-25-15-32-63(74)72(54)76/h1-44H. The number of nitrogens with zero attached hydrogens (tertiary/aromatic N) is 2. The van der Waals surface area contributed by atoms with Gasteiger partial charge in [0.05, 0.1) is 33.2 Å². The number of para-hydroxylation sites is 3. The van der Waals surface area contributed by atoms with E-state index in [4.69, 9.17) is 0 Å². The number of anilines is 3. The van der Waals surface area contributed by atoms with Crippen LogP contribution in [0.15, 0.2) is 267 Å². The average Bonchev–Trinajstić information content (AvgIpc) is 4.46. The van der Waals surface area contributed by atoms with Crippen LogP contribution in [0.1, 0.15) is 44.5 Å². The second kappa shape index (κ2) is 15.1. The van der Waals surface area contributed by atoms with Gasteiger partial charge in [-0.25, -0.2) is 0 Å². The highest BCUT2D eigenvalue weighted by Gasteiger charge is 2.54. The van der Waals surface area contributed by atoms with E-state index in [-0.39, 0.29) is 0 Å². The topological polar surface area (TPSA) is 8.17 Å². The third kappa shape index (κ3) is 5.11. The fourth-order valence-electron chi connectivity index (χ4n) is 15.2. The molecule has 0 saturated heterocycles. The van der Waals surface area contributed by atoms with Crippen molar-refractivity contribution in [2.24, 2.45) is 0 Å². The first kappa shape index (κ1) is 41.8. The summed E-state index contributed by atoms with van der Waals surface area (Å²) in [5, 5.41) is 5.19. The molecule has 0 saturated carbocycles. The van der Waals surface area contributed by atoms with Crippen LogP contribution >= 0.6 is 11.3 Å². The number of aromatic nitrogens is 1.